The lowest BCUT2D eigenvalue weighted by molar-refractivity contribution is -0.122. The van der Waals surface area contributed by atoms with Crippen LogP contribution in [0.25, 0.3) is 0 Å². The van der Waals surface area contributed by atoms with Crippen molar-refractivity contribution in [2.45, 2.75) is 25.9 Å². The fourth-order valence-electron chi connectivity index (χ4n) is 1.33. The van der Waals surface area contributed by atoms with Gasteiger partial charge in [0.05, 0.1) is 12.6 Å². The summed E-state index contributed by atoms with van der Waals surface area (Å²) in [7, 11) is 0. The number of aliphatic hydroxyl groups is 1. The molecule has 5 nitrogen and oxygen atoms in total. The quantitative estimate of drug-likeness (QED) is 0.832. The number of nitrogens with zero attached hydrogens (tertiary/aromatic N) is 1. The minimum absolute atomic E-state index is 0.0469. The second-order valence-corrected chi connectivity index (χ2v) is 4.58. The van der Waals surface area contributed by atoms with Gasteiger partial charge in [-0.3, -0.25) is 9.59 Å². The first-order chi connectivity index (χ1) is 8.06. The van der Waals surface area contributed by atoms with Crippen molar-refractivity contribution in [1.29, 1.82) is 0 Å². The first kappa shape index (κ1) is 13.9. The van der Waals surface area contributed by atoms with E-state index in [-0.39, 0.29) is 30.7 Å². The third-order valence-electron chi connectivity index (χ3n) is 2.34. The number of hydrogen-bond donors (Lipinski definition) is 2. The smallest absolute Gasteiger partial charge is 0.251 e. The van der Waals surface area contributed by atoms with Gasteiger partial charge in [-0.2, -0.15) is 0 Å². The highest BCUT2D eigenvalue weighted by molar-refractivity contribution is 9.10. The van der Waals surface area contributed by atoms with Crippen LogP contribution in [0.5, 0.6) is 0 Å². The number of pyridine rings is 1. The van der Waals surface area contributed by atoms with E-state index in [4.69, 9.17) is 5.11 Å². The molecule has 0 spiro atoms. The van der Waals surface area contributed by atoms with Gasteiger partial charge in [0.1, 0.15) is 6.54 Å². The normalized spacial score (nSPS) is 12.2. The average Bonchev–Trinajstić information content (AvgIpc) is 2.31. The largest absolute Gasteiger partial charge is 0.394 e. The van der Waals surface area contributed by atoms with Crippen molar-refractivity contribution in [3.8, 4) is 0 Å². The van der Waals surface area contributed by atoms with Crippen LogP contribution in [0.4, 0.5) is 0 Å². The molecule has 0 fully saturated rings. The van der Waals surface area contributed by atoms with E-state index in [1.165, 1.54) is 10.6 Å². The molecule has 17 heavy (non-hydrogen) atoms. The van der Waals surface area contributed by atoms with Crippen LogP contribution in [-0.4, -0.2) is 28.2 Å². The Hall–Kier alpha value is -1.14. The molecule has 0 bridgehead atoms. The molecule has 0 aliphatic heterocycles. The fourth-order valence-corrected chi connectivity index (χ4v) is 1.71. The predicted molar refractivity (Wildman–Crippen MR) is 67.7 cm³/mol. The van der Waals surface area contributed by atoms with Gasteiger partial charge in [0.25, 0.3) is 5.56 Å². The molecule has 2 N–H and O–H groups in total. The predicted octanol–water partition coefficient (Wildman–Crippen LogP) is 0.498. The molecule has 6 heteroatoms. The third kappa shape index (κ3) is 4.32. The molecule has 1 aromatic rings. The number of halogens is 1. The molecule has 1 atom stereocenters. The minimum atomic E-state index is -0.286. The molecule has 1 rings (SSSR count). The van der Waals surface area contributed by atoms with Crippen LogP contribution in [0.3, 0.4) is 0 Å². The lowest BCUT2D eigenvalue weighted by Gasteiger charge is -2.14. The van der Waals surface area contributed by atoms with E-state index in [0.29, 0.717) is 6.42 Å². The molecule has 0 saturated carbocycles. The van der Waals surface area contributed by atoms with Gasteiger partial charge in [-0.1, -0.05) is 6.92 Å². The Morgan fingerprint density at radius 3 is 2.88 bits per heavy atom. The van der Waals surface area contributed by atoms with Crippen LogP contribution in [-0.2, 0) is 11.3 Å². The van der Waals surface area contributed by atoms with Gasteiger partial charge in [0.2, 0.25) is 5.91 Å². The highest BCUT2D eigenvalue weighted by Gasteiger charge is 2.10. The number of aliphatic hydroxyl groups excluding tert-OH is 1. The van der Waals surface area contributed by atoms with Crippen LogP contribution in [0.1, 0.15) is 13.3 Å². The highest BCUT2D eigenvalue weighted by atomic mass is 79.9. The van der Waals surface area contributed by atoms with Gasteiger partial charge in [-0.05, 0) is 28.4 Å². The molecule has 1 amide bonds. The number of hydrogen-bond acceptors (Lipinski definition) is 3. The first-order valence-electron chi connectivity index (χ1n) is 5.33. The Balaban J connectivity index is 2.68. The zero-order valence-corrected chi connectivity index (χ0v) is 11.1. The number of nitrogens with one attached hydrogen (secondary N) is 1. The molecule has 0 aliphatic rings. The molecule has 0 aromatic carbocycles. The molecule has 0 aliphatic carbocycles. The van der Waals surface area contributed by atoms with Crippen molar-refractivity contribution in [2.75, 3.05) is 6.61 Å². The summed E-state index contributed by atoms with van der Waals surface area (Å²) in [6.45, 7) is 1.72. The van der Waals surface area contributed by atoms with Crippen molar-refractivity contribution in [3.05, 3.63) is 33.2 Å². The molecule has 0 unspecified atom stereocenters. The van der Waals surface area contributed by atoms with Crippen molar-refractivity contribution in [3.63, 3.8) is 0 Å². The van der Waals surface area contributed by atoms with Crippen molar-refractivity contribution < 1.29 is 9.90 Å². The maximum absolute atomic E-state index is 11.6. The summed E-state index contributed by atoms with van der Waals surface area (Å²) in [5.74, 6) is -0.286. The topological polar surface area (TPSA) is 71.3 Å². The molecule has 94 valence electrons. The Morgan fingerprint density at radius 1 is 1.59 bits per heavy atom. The van der Waals surface area contributed by atoms with Gasteiger partial charge in [-0.15, -0.1) is 0 Å². The lowest BCUT2D eigenvalue weighted by Crippen LogP contribution is -2.40. The van der Waals surface area contributed by atoms with E-state index in [2.05, 4.69) is 21.2 Å². The summed E-state index contributed by atoms with van der Waals surface area (Å²) < 4.78 is 2.04. The molecule has 0 saturated heterocycles. The zero-order valence-electron chi connectivity index (χ0n) is 9.52. The number of amides is 1. The third-order valence-corrected chi connectivity index (χ3v) is 2.81. The lowest BCUT2D eigenvalue weighted by atomic mass is 10.2. The first-order valence-corrected chi connectivity index (χ1v) is 6.12. The summed E-state index contributed by atoms with van der Waals surface area (Å²) in [5.41, 5.74) is -0.236. The number of carbonyl (C=O) groups excluding carboxylic acids is 1. The molecule has 0 radical (unpaired) electrons. The van der Waals surface area contributed by atoms with E-state index in [0.717, 1.165) is 4.47 Å². The number of aromatic nitrogens is 1. The monoisotopic (exact) mass is 302 g/mol. The van der Waals surface area contributed by atoms with Gasteiger partial charge in [0.15, 0.2) is 0 Å². The molecular formula is C11H15BrN2O3. The van der Waals surface area contributed by atoms with E-state index < -0.39 is 0 Å². The van der Waals surface area contributed by atoms with Gasteiger partial charge < -0.3 is 15.0 Å². The second kappa shape index (κ2) is 6.56. The van der Waals surface area contributed by atoms with Crippen LogP contribution in [0.15, 0.2) is 27.6 Å². The van der Waals surface area contributed by atoms with Crippen molar-refractivity contribution in [1.82, 2.24) is 9.88 Å². The summed E-state index contributed by atoms with van der Waals surface area (Å²) >= 11 is 3.23. The van der Waals surface area contributed by atoms with Crippen LogP contribution >= 0.6 is 15.9 Å². The standard InChI is InChI=1S/C11H15BrN2O3/c1-2-9(7-15)13-10(16)6-14-5-8(12)3-4-11(14)17/h3-5,9,15H,2,6-7H2,1H3,(H,13,16)/t9-/m1/s1. The Labute approximate surface area is 108 Å². The highest BCUT2D eigenvalue weighted by Crippen LogP contribution is 2.04. The SMILES string of the molecule is CC[C@H](CO)NC(=O)Cn1cc(Br)ccc1=O. The summed E-state index contributed by atoms with van der Waals surface area (Å²) in [6.07, 6.45) is 2.21. The van der Waals surface area contributed by atoms with Crippen LogP contribution in [0, 0.1) is 0 Å². The summed E-state index contributed by atoms with van der Waals surface area (Å²) in [5, 5.41) is 11.6. The summed E-state index contributed by atoms with van der Waals surface area (Å²) in [6, 6.07) is 2.75. The Kier molecular flexibility index (Phi) is 5.37. The molecular weight excluding hydrogens is 288 g/mol. The van der Waals surface area contributed by atoms with Crippen molar-refractivity contribution >= 4 is 21.8 Å². The average molecular weight is 303 g/mol. The van der Waals surface area contributed by atoms with Gasteiger partial charge >= 0.3 is 0 Å². The van der Waals surface area contributed by atoms with Crippen LogP contribution < -0.4 is 10.9 Å². The van der Waals surface area contributed by atoms with Gasteiger partial charge in [-0.25, -0.2) is 0 Å². The van der Waals surface area contributed by atoms with E-state index in [9.17, 15) is 9.59 Å². The minimum Gasteiger partial charge on any atom is -0.394 e. The maximum atomic E-state index is 11.6. The second-order valence-electron chi connectivity index (χ2n) is 3.67. The number of rotatable bonds is 5. The molecule has 1 heterocycles. The van der Waals surface area contributed by atoms with Gasteiger partial charge in [0, 0.05) is 16.7 Å². The van der Waals surface area contributed by atoms with E-state index in [1.54, 1.807) is 12.3 Å². The fraction of sp³-hybridized carbons (Fsp3) is 0.455. The maximum Gasteiger partial charge on any atom is 0.251 e. The van der Waals surface area contributed by atoms with E-state index >= 15 is 0 Å². The van der Waals surface area contributed by atoms with E-state index in [1.807, 2.05) is 6.92 Å². The Bertz CT molecular complexity index is 441. The van der Waals surface area contributed by atoms with Crippen LogP contribution in [0.2, 0.25) is 0 Å². The Morgan fingerprint density at radius 2 is 2.29 bits per heavy atom. The number of carbonyl (C=O) groups is 1. The molecule has 1 aromatic heterocycles. The summed E-state index contributed by atoms with van der Waals surface area (Å²) in [4.78, 5) is 23.1. The van der Waals surface area contributed by atoms with Crippen molar-refractivity contribution in [2.24, 2.45) is 0 Å². The zero-order chi connectivity index (χ0) is 12.8.